The summed E-state index contributed by atoms with van der Waals surface area (Å²) in [5.41, 5.74) is 4.21. The Morgan fingerprint density at radius 1 is 0.943 bits per heavy atom. The van der Waals surface area contributed by atoms with E-state index < -0.39 is 0 Å². The summed E-state index contributed by atoms with van der Waals surface area (Å²) in [6.07, 6.45) is 3.93. The number of aromatic nitrogens is 1. The third-order valence-corrected chi connectivity index (χ3v) is 8.20. The Hall–Kier alpha value is -3.03. The normalized spacial score (nSPS) is 17.9. The van der Waals surface area contributed by atoms with Gasteiger partial charge in [0, 0.05) is 17.4 Å². The lowest BCUT2D eigenvalue weighted by Crippen LogP contribution is -2.45. The van der Waals surface area contributed by atoms with Gasteiger partial charge < -0.3 is 9.88 Å². The van der Waals surface area contributed by atoms with E-state index in [-0.39, 0.29) is 11.4 Å². The van der Waals surface area contributed by atoms with Crippen molar-refractivity contribution in [2.75, 3.05) is 5.32 Å². The molecule has 4 nitrogen and oxygen atoms in total. The molecule has 0 radical (unpaired) electrons. The molecule has 1 atom stereocenters. The van der Waals surface area contributed by atoms with Crippen molar-refractivity contribution in [1.29, 1.82) is 0 Å². The monoisotopic (exact) mass is 533 g/mol. The number of hydrogen-bond donors (Lipinski definition) is 1. The summed E-state index contributed by atoms with van der Waals surface area (Å²) < 4.78 is 2.02. The van der Waals surface area contributed by atoms with Gasteiger partial charge in [-0.05, 0) is 35.4 Å². The van der Waals surface area contributed by atoms with Crippen LogP contribution in [-0.2, 0) is 4.79 Å². The molecule has 8 heteroatoms. The van der Waals surface area contributed by atoms with Crippen LogP contribution >= 0.6 is 47.2 Å². The minimum absolute atomic E-state index is 0.103. The Morgan fingerprint density at radius 2 is 1.66 bits per heavy atom. The Morgan fingerprint density at radius 3 is 2.37 bits per heavy atom. The van der Waals surface area contributed by atoms with Crippen molar-refractivity contribution < 1.29 is 4.79 Å². The van der Waals surface area contributed by atoms with E-state index in [1.165, 1.54) is 11.8 Å². The molecule has 2 aliphatic rings. The summed E-state index contributed by atoms with van der Waals surface area (Å²) in [6.45, 7) is 0. The molecule has 3 aromatic carbocycles. The summed E-state index contributed by atoms with van der Waals surface area (Å²) in [7, 11) is 0. The van der Waals surface area contributed by atoms with E-state index in [0.29, 0.717) is 19.9 Å². The molecule has 0 saturated carbocycles. The molecule has 0 spiro atoms. The van der Waals surface area contributed by atoms with Crippen molar-refractivity contribution >= 4 is 70.0 Å². The number of anilines is 1. The van der Waals surface area contributed by atoms with Gasteiger partial charge in [-0.3, -0.25) is 9.69 Å². The molecule has 4 aromatic rings. The van der Waals surface area contributed by atoms with E-state index in [9.17, 15) is 4.79 Å². The van der Waals surface area contributed by atoms with E-state index in [1.54, 1.807) is 11.0 Å². The third-order valence-electron chi connectivity index (χ3n) is 5.96. The molecule has 0 bridgehead atoms. The van der Waals surface area contributed by atoms with Gasteiger partial charge in [0.2, 0.25) is 0 Å². The maximum Gasteiger partial charge on any atom is 0.267 e. The number of halogens is 2. The molecule has 2 aliphatic heterocycles. The lowest BCUT2D eigenvalue weighted by molar-refractivity contribution is -0.122. The van der Waals surface area contributed by atoms with E-state index >= 15 is 0 Å². The number of benzene rings is 3. The average Bonchev–Trinajstić information content (AvgIpc) is 3.40. The van der Waals surface area contributed by atoms with E-state index in [2.05, 4.69) is 5.32 Å². The molecule has 6 rings (SSSR count). The summed E-state index contributed by atoms with van der Waals surface area (Å²) in [5.74, 6) is 0.711. The molecule has 3 heterocycles. The zero-order valence-corrected chi connectivity index (χ0v) is 21.3. The predicted molar refractivity (Wildman–Crippen MR) is 149 cm³/mol. The Labute approximate surface area is 222 Å². The smallest absolute Gasteiger partial charge is 0.267 e. The molecule has 1 aromatic heterocycles. The summed E-state index contributed by atoms with van der Waals surface area (Å²) in [4.78, 5) is 16.2. The van der Waals surface area contributed by atoms with Crippen LogP contribution in [0.3, 0.4) is 0 Å². The van der Waals surface area contributed by atoms with Crippen molar-refractivity contribution in [2.45, 2.75) is 5.50 Å². The molecule has 1 unspecified atom stereocenters. The standard InChI is InChI=1S/C27H17Cl2N3OS2/c28-20-12-11-18(14-21(20)29)31-15-19(17-9-5-2-6-10-17)23-24(31)30-27-32(26(23)34)25(33)22(35-27)13-16-7-3-1-4-8-16/h1-15,27,30H/b22-13-. The maximum atomic E-state index is 13.4. The van der Waals surface area contributed by atoms with Gasteiger partial charge in [0.1, 0.15) is 10.8 Å². The van der Waals surface area contributed by atoms with Crippen LogP contribution in [0, 0.1) is 0 Å². The first-order valence-corrected chi connectivity index (χ1v) is 12.9. The van der Waals surface area contributed by atoms with Crippen molar-refractivity contribution in [3.05, 3.63) is 111 Å². The quantitative estimate of drug-likeness (QED) is 0.219. The highest BCUT2D eigenvalue weighted by Gasteiger charge is 2.45. The van der Waals surface area contributed by atoms with Crippen LogP contribution in [0.15, 0.2) is 90.0 Å². The van der Waals surface area contributed by atoms with Crippen LogP contribution in [-0.4, -0.2) is 25.9 Å². The molecular formula is C27H17Cl2N3OS2. The molecule has 172 valence electrons. The number of thioether (sulfide) groups is 1. The van der Waals surface area contributed by atoms with Gasteiger partial charge >= 0.3 is 0 Å². The number of rotatable bonds is 3. The Balaban J connectivity index is 1.49. The maximum absolute atomic E-state index is 13.4. The van der Waals surface area contributed by atoms with Crippen molar-refractivity contribution in [3.8, 4) is 16.8 Å². The fourth-order valence-corrected chi connectivity index (χ4v) is 6.19. The van der Waals surface area contributed by atoms with Crippen molar-refractivity contribution in [3.63, 3.8) is 0 Å². The number of carbonyl (C=O) groups excluding carboxylic acids is 1. The predicted octanol–water partition coefficient (Wildman–Crippen LogP) is 7.45. The summed E-state index contributed by atoms with van der Waals surface area (Å²) in [5, 5.41) is 4.51. The Kier molecular flexibility index (Phi) is 5.69. The van der Waals surface area contributed by atoms with E-state index in [4.69, 9.17) is 35.4 Å². The van der Waals surface area contributed by atoms with Crippen LogP contribution in [0.25, 0.3) is 22.9 Å². The number of hydrogen-bond acceptors (Lipinski definition) is 4. The van der Waals surface area contributed by atoms with Gasteiger partial charge in [-0.2, -0.15) is 0 Å². The van der Waals surface area contributed by atoms with Gasteiger partial charge in [0.05, 0.1) is 20.5 Å². The molecule has 0 aliphatic carbocycles. The van der Waals surface area contributed by atoms with Gasteiger partial charge in [0.15, 0.2) is 5.50 Å². The molecule has 1 amide bonds. The second-order valence-electron chi connectivity index (χ2n) is 8.11. The molecule has 1 N–H and O–H groups in total. The fraction of sp³-hybridized carbons (Fsp3) is 0.0370. The van der Waals surface area contributed by atoms with Crippen molar-refractivity contribution in [2.24, 2.45) is 0 Å². The summed E-state index contributed by atoms with van der Waals surface area (Å²) >= 11 is 19.9. The first kappa shape index (κ1) is 22.4. The number of fused-ring (bicyclic) bond motifs is 2. The zero-order chi connectivity index (χ0) is 24.1. The molecule has 35 heavy (non-hydrogen) atoms. The third kappa shape index (κ3) is 3.87. The fourth-order valence-electron chi connectivity index (χ4n) is 4.31. The lowest BCUT2D eigenvalue weighted by Gasteiger charge is -2.32. The minimum atomic E-state index is -0.350. The lowest BCUT2D eigenvalue weighted by atomic mass is 10.0. The highest BCUT2D eigenvalue weighted by molar-refractivity contribution is 8.05. The largest absolute Gasteiger partial charge is 0.341 e. The number of amides is 1. The van der Waals surface area contributed by atoms with Crippen LogP contribution in [0.5, 0.6) is 0 Å². The molecule has 1 fully saturated rings. The van der Waals surface area contributed by atoms with Gasteiger partial charge in [-0.15, -0.1) is 0 Å². The van der Waals surface area contributed by atoms with Crippen molar-refractivity contribution in [1.82, 2.24) is 9.47 Å². The average molecular weight is 534 g/mol. The van der Waals surface area contributed by atoms with Crippen LogP contribution in [0.4, 0.5) is 5.82 Å². The Bertz CT molecular complexity index is 1520. The second-order valence-corrected chi connectivity index (χ2v) is 10.4. The number of nitrogens with zero attached hydrogens (tertiary/aromatic N) is 2. The van der Waals surface area contributed by atoms with E-state index in [0.717, 1.165) is 33.8 Å². The van der Waals surface area contributed by atoms with Gasteiger partial charge in [0.25, 0.3) is 5.91 Å². The van der Waals surface area contributed by atoms with Crippen LogP contribution in [0.2, 0.25) is 10.0 Å². The topological polar surface area (TPSA) is 37.3 Å². The number of nitrogens with one attached hydrogen (secondary N) is 1. The number of thiocarbonyl (C=S) groups is 1. The molecule has 1 saturated heterocycles. The van der Waals surface area contributed by atoms with Crippen LogP contribution in [0.1, 0.15) is 11.1 Å². The second kappa shape index (κ2) is 8.88. The SMILES string of the molecule is O=C1/C(=C/c2ccccc2)SC2Nc3c(c(-c4ccccc4)cn3-c3ccc(Cl)c(Cl)c3)C(=S)N12. The first-order valence-electron chi connectivity index (χ1n) is 10.9. The first-order chi connectivity index (χ1) is 17.0. The minimum Gasteiger partial charge on any atom is -0.341 e. The molecular weight excluding hydrogens is 517 g/mol. The zero-order valence-electron chi connectivity index (χ0n) is 18.1. The summed E-state index contributed by atoms with van der Waals surface area (Å²) in [6, 6.07) is 25.3. The highest BCUT2D eigenvalue weighted by Crippen LogP contribution is 2.46. The highest BCUT2D eigenvalue weighted by atomic mass is 35.5. The van der Waals surface area contributed by atoms with Crippen LogP contribution < -0.4 is 5.32 Å². The number of carbonyl (C=O) groups is 1. The van der Waals surface area contributed by atoms with Gasteiger partial charge in [-0.25, -0.2) is 0 Å². The van der Waals surface area contributed by atoms with E-state index in [1.807, 2.05) is 89.6 Å². The van der Waals surface area contributed by atoms with Gasteiger partial charge in [-0.1, -0.05) is 108 Å².